The number of piperazine rings is 1. The maximum absolute atomic E-state index is 12.3. The number of amides is 1. The Morgan fingerprint density at radius 3 is 2.45 bits per heavy atom. The topological polar surface area (TPSA) is 49.6 Å². The van der Waals surface area contributed by atoms with Crippen LogP contribution in [0.5, 0.6) is 0 Å². The number of carbonyl (C=O) groups is 1. The first-order chi connectivity index (χ1) is 9.45. The summed E-state index contributed by atoms with van der Waals surface area (Å²) in [6, 6.07) is 7.81. The van der Waals surface area contributed by atoms with Gasteiger partial charge in [0, 0.05) is 26.2 Å². The summed E-state index contributed by atoms with van der Waals surface area (Å²) in [5, 5.41) is 0.754. The minimum Gasteiger partial charge on any atom is -0.367 e. The van der Waals surface area contributed by atoms with Gasteiger partial charge in [0.1, 0.15) is 0 Å². The SMILES string of the molecule is CCC(C)(N)C(=O)N1CCN(c2ccccc2Cl)CC1. The summed E-state index contributed by atoms with van der Waals surface area (Å²) in [6.07, 6.45) is 0.649. The summed E-state index contributed by atoms with van der Waals surface area (Å²) in [5.74, 6) is 0.0406. The van der Waals surface area contributed by atoms with Gasteiger partial charge in [0.05, 0.1) is 16.2 Å². The quantitative estimate of drug-likeness (QED) is 0.929. The standard InChI is InChI=1S/C15H22ClN3O/c1-3-15(2,17)14(20)19-10-8-18(9-11-19)13-7-5-4-6-12(13)16/h4-7H,3,8-11,17H2,1-2H3. The Morgan fingerprint density at radius 2 is 1.90 bits per heavy atom. The van der Waals surface area contributed by atoms with Crippen LogP contribution in [0.2, 0.25) is 5.02 Å². The van der Waals surface area contributed by atoms with Gasteiger partial charge in [-0.2, -0.15) is 0 Å². The summed E-state index contributed by atoms with van der Waals surface area (Å²) in [7, 11) is 0. The lowest BCUT2D eigenvalue weighted by atomic mass is 9.98. The van der Waals surface area contributed by atoms with E-state index in [9.17, 15) is 4.79 Å². The van der Waals surface area contributed by atoms with Crippen molar-refractivity contribution in [2.24, 2.45) is 5.73 Å². The van der Waals surface area contributed by atoms with Crippen LogP contribution < -0.4 is 10.6 Å². The number of nitrogens with zero attached hydrogens (tertiary/aromatic N) is 2. The van der Waals surface area contributed by atoms with Gasteiger partial charge in [0.25, 0.3) is 0 Å². The van der Waals surface area contributed by atoms with Crippen LogP contribution in [-0.4, -0.2) is 42.5 Å². The highest BCUT2D eigenvalue weighted by molar-refractivity contribution is 6.33. The monoisotopic (exact) mass is 295 g/mol. The van der Waals surface area contributed by atoms with Crippen LogP contribution in [0.1, 0.15) is 20.3 Å². The lowest BCUT2D eigenvalue weighted by molar-refractivity contribution is -0.136. The minimum absolute atomic E-state index is 0.0406. The van der Waals surface area contributed by atoms with Gasteiger partial charge >= 0.3 is 0 Å². The Kier molecular flexibility index (Phi) is 4.55. The van der Waals surface area contributed by atoms with Gasteiger partial charge < -0.3 is 15.5 Å². The molecule has 0 radical (unpaired) electrons. The number of anilines is 1. The smallest absolute Gasteiger partial charge is 0.242 e. The number of carbonyl (C=O) groups excluding carboxylic acids is 1. The van der Waals surface area contributed by atoms with E-state index in [1.165, 1.54) is 0 Å². The van der Waals surface area contributed by atoms with Crippen molar-refractivity contribution in [3.8, 4) is 0 Å². The van der Waals surface area contributed by atoms with Gasteiger partial charge in [-0.15, -0.1) is 0 Å². The molecule has 1 heterocycles. The Balaban J connectivity index is 2.00. The highest BCUT2D eigenvalue weighted by Crippen LogP contribution is 2.26. The molecule has 20 heavy (non-hydrogen) atoms. The van der Waals surface area contributed by atoms with Crippen molar-refractivity contribution in [2.75, 3.05) is 31.1 Å². The van der Waals surface area contributed by atoms with Crippen LogP contribution in [-0.2, 0) is 4.79 Å². The molecule has 1 aliphatic rings. The average Bonchev–Trinajstić information content (AvgIpc) is 2.47. The maximum Gasteiger partial charge on any atom is 0.242 e. The van der Waals surface area contributed by atoms with Crippen molar-refractivity contribution in [1.82, 2.24) is 4.90 Å². The third kappa shape index (κ3) is 3.07. The number of halogens is 1. The first-order valence-corrected chi connectivity index (χ1v) is 7.41. The largest absolute Gasteiger partial charge is 0.367 e. The summed E-state index contributed by atoms with van der Waals surface area (Å²) >= 11 is 6.21. The second-order valence-corrected chi connectivity index (χ2v) is 5.91. The van der Waals surface area contributed by atoms with Crippen molar-refractivity contribution in [3.63, 3.8) is 0 Å². The molecule has 0 aromatic heterocycles. The lowest BCUT2D eigenvalue weighted by Gasteiger charge is -2.39. The van der Waals surface area contributed by atoms with Gasteiger partial charge in [-0.05, 0) is 25.5 Å². The van der Waals surface area contributed by atoms with E-state index < -0.39 is 5.54 Å². The highest BCUT2D eigenvalue weighted by atomic mass is 35.5. The fourth-order valence-corrected chi connectivity index (χ4v) is 2.63. The van der Waals surface area contributed by atoms with Crippen molar-refractivity contribution in [3.05, 3.63) is 29.3 Å². The van der Waals surface area contributed by atoms with Crippen molar-refractivity contribution >= 4 is 23.2 Å². The van der Waals surface area contributed by atoms with Gasteiger partial charge in [0.15, 0.2) is 0 Å². The number of para-hydroxylation sites is 1. The predicted molar refractivity (Wildman–Crippen MR) is 83.1 cm³/mol. The van der Waals surface area contributed by atoms with E-state index in [4.69, 9.17) is 17.3 Å². The zero-order chi connectivity index (χ0) is 14.8. The van der Waals surface area contributed by atoms with Crippen LogP contribution in [0.4, 0.5) is 5.69 Å². The van der Waals surface area contributed by atoms with E-state index in [1.54, 1.807) is 6.92 Å². The molecule has 1 unspecified atom stereocenters. The Morgan fingerprint density at radius 1 is 1.30 bits per heavy atom. The third-order valence-corrected chi connectivity index (χ3v) is 4.30. The number of benzene rings is 1. The molecule has 5 heteroatoms. The van der Waals surface area contributed by atoms with Gasteiger partial charge in [-0.25, -0.2) is 0 Å². The number of rotatable bonds is 3. The fourth-order valence-electron chi connectivity index (χ4n) is 2.37. The molecular formula is C15H22ClN3O. The summed E-state index contributed by atoms with van der Waals surface area (Å²) in [6.45, 7) is 6.70. The second-order valence-electron chi connectivity index (χ2n) is 5.50. The minimum atomic E-state index is -0.757. The summed E-state index contributed by atoms with van der Waals surface area (Å²) < 4.78 is 0. The number of hydrogen-bond donors (Lipinski definition) is 1. The number of hydrogen-bond acceptors (Lipinski definition) is 3. The molecule has 2 N–H and O–H groups in total. The van der Waals surface area contributed by atoms with Gasteiger partial charge in [-0.1, -0.05) is 30.7 Å². The van der Waals surface area contributed by atoms with Crippen LogP contribution in [0.25, 0.3) is 0 Å². The fraction of sp³-hybridized carbons (Fsp3) is 0.533. The molecular weight excluding hydrogens is 274 g/mol. The summed E-state index contributed by atoms with van der Waals surface area (Å²) in [4.78, 5) is 16.4. The molecule has 1 aliphatic heterocycles. The van der Waals surface area contributed by atoms with Crippen molar-refractivity contribution < 1.29 is 4.79 Å². The Labute approximate surface area is 125 Å². The molecule has 2 rings (SSSR count). The molecule has 1 fully saturated rings. The van der Waals surface area contributed by atoms with E-state index in [2.05, 4.69) is 4.90 Å². The van der Waals surface area contributed by atoms with E-state index in [0.29, 0.717) is 19.5 Å². The molecule has 1 amide bonds. The van der Waals surface area contributed by atoms with E-state index in [-0.39, 0.29) is 5.91 Å². The van der Waals surface area contributed by atoms with Crippen molar-refractivity contribution in [1.29, 1.82) is 0 Å². The van der Waals surface area contributed by atoms with E-state index in [0.717, 1.165) is 23.8 Å². The molecule has 110 valence electrons. The molecule has 0 saturated carbocycles. The van der Waals surface area contributed by atoms with Crippen LogP contribution in [0, 0.1) is 0 Å². The predicted octanol–water partition coefficient (Wildman–Crippen LogP) is 2.12. The van der Waals surface area contributed by atoms with Crippen LogP contribution in [0.15, 0.2) is 24.3 Å². The van der Waals surface area contributed by atoms with Gasteiger partial charge in [0.2, 0.25) is 5.91 Å². The lowest BCUT2D eigenvalue weighted by Crippen LogP contribution is -2.58. The first-order valence-electron chi connectivity index (χ1n) is 7.03. The van der Waals surface area contributed by atoms with Gasteiger partial charge in [-0.3, -0.25) is 4.79 Å². The van der Waals surface area contributed by atoms with Crippen LogP contribution in [0.3, 0.4) is 0 Å². The normalized spacial score (nSPS) is 18.8. The molecule has 1 atom stereocenters. The van der Waals surface area contributed by atoms with E-state index in [1.807, 2.05) is 36.1 Å². The molecule has 0 bridgehead atoms. The zero-order valence-electron chi connectivity index (χ0n) is 12.1. The molecule has 1 saturated heterocycles. The maximum atomic E-state index is 12.3. The third-order valence-electron chi connectivity index (χ3n) is 3.98. The Bertz CT molecular complexity index is 482. The molecule has 4 nitrogen and oxygen atoms in total. The second kappa shape index (κ2) is 6.02. The average molecular weight is 296 g/mol. The molecule has 1 aromatic rings. The van der Waals surface area contributed by atoms with Crippen LogP contribution >= 0.6 is 11.6 Å². The zero-order valence-corrected chi connectivity index (χ0v) is 12.9. The van der Waals surface area contributed by atoms with Crippen molar-refractivity contribution in [2.45, 2.75) is 25.8 Å². The summed E-state index contributed by atoms with van der Waals surface area (Å²) in [5.41, 5.74) is 6.31. The molecule has 0 aliphatic carbocycles. The number of nitrogens with two attached hydrogens (primary N) is 1. The molecule has 0 spiro atoms. The highest BCUT2D eigenvalue weighted by Gasteiger charge is 2.32. The molecule has 1 aromatic carbocycles. The first kappa shape index (κ1) is 15.1. The Hall–Kier alpha value is -1.26. The van der Waals surface area contributed by atoms with E-state index >= 15 is 0 Å².